The van der Waals surface area contributed by atoms with E-state index in [-0.39, 0.29) is 5.91 Å². The normalized spacial score (nSPS) is 24.7. The number of carbonyl (C=O) groups excluding carboxylic acids is 1. The number of nitrogens with two attached hydrogens (primary N) is 1. The second-order valence-electron chi connectivity index (χ2n) is 7.09. The van der Waals surface area contributed by atoms with Crippen LogP contribution in [0.5, 0.6) is 0 Å². The molecule has 0 spiro atoms. The molecule has 1 aliphatic rings. The first kappa shape index (κ1) is 20.0. The maximum atomic E-state index is 12.4. The van der Waals surface area contributed by atoms with Gasteiger partial charge in [0, 0.05) is 23.9 Å². The summed E-state index contributed by atoms with van der Waals surface area (Å²) in [6.07, 6.45) is -0.452. The van der Waals surface area contributed by atoms with Crippen LogP contribution in [-0.4, -0.2) is 43.9 Å². The summed E-state index contributed by atoms with van der Waals surface area (Å²) in [5.74, 6) is -0.365. The second-order valence-corrected chi connectivity index (χ2v) is 7.09. The van der Waals surface area contributed by atoms with E-state index in [2.05, 4.69) is 10.3 Å². The Labute approximate surface area is 160 Å². The number of aromatic nitrogens is 2. The monoisotopic (exact) mass is 388 g/mol. The summed E-state index contributed by atoms with van der Waals surface area (Å²) in [6.45, 7) is 1.93. The van der Waals surface area contributed by atoms with Gasteiger partial charge in [-0.1, -0.05) is 12.1 Å². The number of hydrogen-bond acceptors (Lipinski definition) is 6. The number of amides is 1. The van der Waals surface area contributed by atoms with Gasteiger partial charge in [0.15, 0.2) is 0 Å². The lowest BCUT2D eigenvalue weighted by molar-refractivity contribution is -0.0570. The molecule has 1 aliphatic carbocycles. The number of benzene rings is 1. The molecule has 0 unspecified atom stereocenters. The Morgan fingerprint density at radius 1 is 1.21 bits per heavy atom. The van der Waals surface area contributed by atoms with Crippen LogP contribution >= 0.6 is 0 Å². The van der Waals surface area contributed by atoms with Gasteiger partial charge in [0.05, 0.1) is 12.1 Å². The van der Waals surface area contributed by atoms with Crippen LogP contribution in [0.2, 0.25) is 0 Å². The first-order valence-corrected chi connectivity index (χ1v) is 9.10. The minimum atomic E-state index is -1.28. The lowest BCUT2D eigenvalue weighted by Gasteiger charge is -2.38. The van der Waals surface area contributed by atoms with Gasteiger partial charge in [0.25, 0.3) is 11.5 Å². The van der Waals surface area contributed by atoms with Crippen molar-refractivity contribution in [3.63, 3.8) is 0 Å². The topological polar surface area (TPSA) is 150 Å². The molecule has 1 saturated carbocycles. The van der Waals surface area contributed by atoms with Gasteiger partial charge in [-0.2, -0.15) is 0 Å². The first-order chi connectivity index (χ1) is 13.3. The van der Waals surface area contributed by atoms with Crippen LogP contribution < -0.4 is 22.3 Å². The van der Waals surface area contributed by atoms with E-state index in [1.807, 2.05) is 0 Å². The van der Waals surface area contributed by atoms with Crippen LogP contribution in [0.15, 0.2) is 40.1 Å². The van der Waals surface area contributed by atoms with Crippen molar-refractivity contribution in [2.45, 2.75) is 50.6 Å². The van der Waals surface area contributed by atoms with Crippen molar-refractivity contribution in [2.24, 2.45) is 5.73 Å². The van der Waals surface area contributed by atoms with Gasteiger partial charge in [0.2, 0.25) is 0 Å². The summed E-state index contributed by atoms with van der Waals surface area (Å²) in [5, 5.41) is 23.8. The highest BCUT2D eigenvalue weighted by Crippen LogP contribution is 2.28. The van der Waals surface area contributed by atoms with Crippen molar-refractivity contribution in [1.82, 2.24) is 14.9 Å². The van der Waals surface area contributed by atoms with Gasteiger partial charge >= 0.3 is 5.69 Å². The van der Waals surface area contributed by atoms with Crippen LogP contribution in [0.3, 0.4) is 0 Å². The van der Waals surface area contributed by atoms with Gasteiger partial charge in [-0.25, -0.2) is 4.79 Å². The molecule has 1 heterocycles. The van der Waals surface area contributed by atoms with E-state index in [1.54, 1.807) is 31.2 Å². The summed E-state index contributed by atoms with van der Waals surface area (Å²) >= 11 is 0. The molecule has 1 aromatic heterocycles. The molecule has 2 aromatic rings. The van der Waals surface area contributed by atoms with Crippen LogP contribution in [0.4, 0.5) is 0 Å². The summed E-state index contributed by atoms with van der Waals surface area (Å²) in [4.78, 5) is 38.2. The van der Waals surface area contributed by atoms with E-state index in [1.165, 1.54) is 10.8 Å². The molecule has 9 heteroatoms. The number of rotatable bonds is 4. The van der Waals surface area contributed by atoms with Crippen molar-refractivity contribution in [2.75, 3.05) is 0 Å². The largest absolute Gasteiger partial charge is 0.388 e. The zero-order chi connectivity index (χ0) is 20.4. The highest BCUT2D eigenvalue weighted by molar-refractivity contribution is 5.94. The Balaban J connectivity index is 1.73. The van der Waals surface area contributed by atoms with Crippen LogP contribution in [0.1, 0.15) is 40.4 Å². The van der Waals surface area contributed by atoms with Crippen molar-refractivity contribution >= 4 is 5.91 Å². The van der Waals surface area contributed by atoms with E-state index >= 15 is 0 Å². The Morgan fingerprint density at radius 3 is 2.54 bits per heavy atom. The first-order valence-electron chi connectivity index (χ1n) is 9.10. The van der Waals surface area contributed by atoms with E-state index in [9.17, 15) is 24.6 Å². The maximum Gasteiger partial charge on any atom is 0.328 e. The van der Waals surface area contributed by atoms with Crippen molar-refractivity contribution in [3.8, 4) is 0 Å². The van der Waals surface area contributed by atoms with Crippen LogP contribution in [0, 0.1) is 6.92 Å². The summed E-state index contributed by atoms with van der Waals surface area (Å²) < 4.78 is 1.23. The standard InChI is InChI=1S/C19H24N4O5/c1-10-9-23(19(28)22-17(10)26)14-7-6-13(15(24)16(14)25)21-18(27)12-4-2-11(8-20)3-5-12/h2-5,9,13-16,24-25H,6-8,20H2,1H3,(H,21,27)(H,22,26,28)/t13-,14-,15-,16-/m1/s1. The third kappa shape index (κ3) is 3.91. The minimum absolute atomic E-state index is 0.331. The smallest absolute Gasteiger partial charge is 0.328 e. The van der Waals surface area contributed by atoms with Crippen molar-refractivity contribution in [3.05, 3.63) is 68.0 Å². The predicted molar refractivity (Wildman–Crippen MR) is 102 cm³/mol. The highest BCUT2D eigenvalue weighted by atomic mass is 16.3. The van der Waals surface area contributed by atoms with Gasteiger partial charge in [-0.15, -0.1) is 0 Å². The van der Waals surface area contributed by atoms with Crippen molar-refractivity contribution in [1.29, 1.82) is 0 Å². The van der Waals surface area contributed by atoms with E-state index in [0.717, 1.165) is 5.56 Å². The molecular weight excluding hydrogens is 364 g/mol. The van der Waals surface area contributed by atoms with Gasteiger partial charge in [0.1, 0.15) is 12.2 Å². The zero-order valence-corrected chi connectivity index (χ0v) is 15.5. The number of nitrogens with one attached hydrogen (secondary N) is 2. The third-order valence-corrected chi connectivity index (χ3v) is 5.20. The molecule has 1 amide bonds. The predicted octanol–water partition coefficient (Wildman–Crippen LogP) is -0.841. The molecule has 1 aromatic carbocycles. The maximum absolute atomic E-state index is 12.4. The number of carbonyl (C=O) groups is 1. The number of hydrogen-bond donors (Lipinski definition) is 5. The summed E-state index contributed by atoms with van der Waals surface area (Å²) in [5.41, 5.74) is 6.06. The molecule has 150 valence electrons. The minimum Gasteiger partial charge on any atom is -0.388 e. The molecule has 9 nitrogen and oxygen atoms in total. The quantitative estimate of drug-likeness (QED) is 0.461. The molecule has 0 saturated heterocycles. The molecule has 4 atom stereocenters. The SMILES string of the molecule is Cc1cn([C@@H]2CC[C@@H](NC(=O)c3ccc(CN)cc3)[C@@H](O)[C@@H]2O)c(=O)[nH]c1=O. The van der Waals surface area contributed by atoms with Crippen molar-refractivity contribution < 1.29 is 15.0 Å². The number of aromatic amines is 1. The number of H-pyrrole nitrogens is 1. The Hall–Kier alpha value is -2.75. The molecule has 0 aliphatic heterocycles. The zero-order valence-electron chi connectivity index (χ0n) is 15.5. The Bertz CT molecular complexity index is 966. The Kier molecular flexibility index (Phi) is 5.78. The fraction of sp³-hybridized carbons (Fsp3) is 0.421. The Morgan fingerprint density at radius 2 is 1.89 bits per heavy atom. The van der Waals surface area contributed by atoms with E-state index in [0.29, 0.717) is 30.5 Å². The molecule has 0 radical (unpaired) electrons. The summed E-state index contributed by atoms with van der Waals surface area (Å²) in [7, 11) is 0. The molecule has 0 bridgehead atoms. The number of aliphatic hydroxyl groups is 2. The lowest BCUT2D eigenvalue weighted by atomic mass is 9.85. The summed E-state index contributed by atoms with van der Waals surface area (Å²) in [6, 6.07) is 5.44. The molecule has 6 N–H and O–H groups in total. The lowest BCUT2D eigenvalue weighted by Crippen LogP contribution is -2.55. The fourth-order valence-electron chi connectivity index (χ4n) is 3.50. The molecule has 28 heavy (non-hydrogen) atoms. The highest BCUT2D eigenvalue weighted by Gasteiger charge is 2.39. The van der Waals surface area contributed by atoms with Gasteiger partial charge < -0.3 is 21.3 Å². The average molecular weight is 388 g/mol. The number of aliphatic hydroxyl groups excluding tert-OH is 2. The second kappa shape index (κ2) is 8.09. The van der Waals surface area contributed by atoms with Gasteiger partial charge in [-0.05, 0) is 37.5 Å². The van der Waals surface area contributed by atoms with E-state index in [4.69, 9.17) is 5.73 Å². The average Bonchev–Trinajstić information content (AvgIpc) is 2.69. The molecular formula is C19H24N4O5. The van der Waals surface area contributed by atoms with E-state index < -0.39 is 35.5 Å². The van der Waals surface area contributed by atoms with Crippen LogP contribution in [0.25, 0.3) is 0 Å². The van der Waals surface area contributed by atoms with Gasteiger partial charge in [-0.3, -0.25) is 19.1 Å². The fourth-order valence-corrected chi connectivity index (χ4v) is 3.50. The number of nitrogens with zero attached hydrogens (tertiary/aromatic N) is 1. The molecule has 1 fully saturated rings. The third-order valence-electron chi connectivity index (χ3n) is 5.20. The number of aryl methyl sites for hydroxylation is 1. The molecule has 3 rings (SSSR count). The van der Waals surface area contributed by atoms with Crippen LogP contribution in [-0.2, 0) is 6.54 Å².